The summed E-state index contributed by atoms with van der Waals surface area (Å²) < 4.78 is 0. The summed E-state index contributed by atoms with van der Waals surface area (Å²) in [7, 11) is 0. The van der Waals surface area contributed by atoms with Crippen molar-refractivity contribution in [1.82, 2.24) is 9.97 Å². The minimum atomic E-state index is -0.792. The molecule has 0 fully saturated rings. The third-order valence-corrected chi connectivity index (χ3v) is 3.75. The first kappa shape index (κ1) is 10.4. The van der Waals surface area contributed by atoms with E-state index in [1.165, 1.54) is 23.1 Å². The van der Waals surface area contributed by atoms with Crippen LogP contribution in [0.5, 0.6) is 0 Å². The molecule has 0 saturated carbocycles. The molecule has 15 heavy (non-hydrogen) atoms. The van der Waals surface area contributed by atoms with Gasteiger partial charge in [-0.15, -0.1) is 11.8 Å². The number of thioether (sulfide) groups is 1. The number of fused-ring (bicyclic) bond motifs is 1. The normalized spacial score (nSPS) is 10.7. The zero-order valence-corrected chi connectivity index (χ0v) is 9.35. The van der Waals surface area contributed by atoms with Gasteiger partial charge in [-0.1, -0.05) is 11.3 Å². The molecule has 2 aromatic heterocycles. The Morgan fingerprint density at radius 1 is 1.60 bits per heavy atom. The molecule has 1 N–H and O–H groups in total. The molecule has 0 radical (unpaired) electrons. The van der Waals surface area contributed by atoms with Crippen LogP contribution in [0.25, 0.3) is 10.3 Å². The lowest BCUT2D eigenvalue weighted by Gasteiger charge is -1.92. The number of hydrogen-bond donors (Lipinski definition) is 1. The summed E-state index contributed by atoms with van der Waals surface area (Å²) in [5.41, 5.74) is 0.883. The van der Waals surface area contributed by atoms with Crippen LogP contribution in [0, 0.1) is 0 Å². The molecule has 0 aromatic carbocycles. The molecular formula is C9H8N2O2S2. The van der Waals surface area contributed by atoms with Crippen molar-refractivity contribution in [3.63, 3.8) is 0 Å². The van der Waals surface area contributed by atoms with Crippen LogP contribution in [0.15, 0.2) is 18.3 Å². The molecule has 0 amide bonds. The van der Waals surface area contributed by atoms with Crippen LogP contribution in [0.1, 0.15) is 5.01 Å². The average molecular weight is 240 g/mol. The van der Waals surface area contributed by atoms with Gasteiger partial charge in [-0.2, -0.15) is 0 Å². The molecule has 78 valence electrons. The average Bonchev–Trinajstić information content (AvgIpc) is 2.59. The standard InChI is InChI=1S/C9H8N2O2S2/c12-8(13)5-14-4-7-11-6-2-1-3-10-9(6)15-7/h1-3H,4-5H2,(H,12,13). The summed E-state index contributed by atoms with van der Waals surface area (Å²) in [5, 5.41) is 9.41. The molecule has 0 spiro atoms. The number of rotatable bonds is 4. The van der Waals surface area contributed by atoms with Gasteiger partial charge in [0.25, 0.3) is 0 Å². The quantitative estimate of drug-likeness (QED) is 0.885. The number of aliphatic carboxylic acids is 1. The molecule has 0 aliphatic rings. The van der Waals surface area contributed by atoms with Gasteiger partial charge in [0.05, 0.1) is 5.75 Å². The van der Waals surface area contributed by atoms with Crippen LogP contribution in [-0.4, -0.2) is 26.8 Å². The third-order valence-electron chi connectivity index (χ3n) is 1.66. The summed E-state index contributed by atoms with van der Waals surface area (Å²) in [5.74, 6) is -0.0457. The fourth-order valence-electron chi connectivity index (χ4n) is 1.10. The number of carbonyl (C=O) groups is 1. The molecule has 0 aliphatic heterocycles. The topological polar surface area (TPSA) is 63.1 Å². The van der Waals surface area contributed by atoms with Crippen molar-refractivity contribution >= 4 is 39.4 Å². The lowest BCUT2D eigenvalue weighted by atomic mass is 10.5. The smallest absolute Gasteiger partial charge is 0.313 e. The first-order valence-electron chi connectivity index (χ1n) is 4.25. The second-order valence-electron chi connectivity index (χ2n) is 2.82. The van der Waals surface area contributed by atoms with E-state index in [1.807, 2.05) is 12.1 Å². The Morgan fingerprint density at radius 2 is 2.47 bits per heavy atom. The highest BCUT2D eigenvalue weighted by atomic mass is 32.2. The lowest BCUT2D eigenvalue weighted by molar-refractivity contribution is -0.133. The molecule has 0 saturated heterocycles. The van der Waals surface area contributed by atoms with Gasteiger partial charge in [0.15, 0.2) is 0 Å². The fourth-order valence-corrected chi connectivity index (χ4v) is 2.80. The van der Waals surface area contributed by atoms with Crippen molar-refractivity contribution in [2.45, 2.75) is 5.75 Å². The van der Waals surface area contributed by atoms with E-state index in [1.54, 1.807) is 6.20 Å². The molecule has 2 heterocycles. The number of thiazole rings is 1. The minimum absolute atomic E-state index is 0.114. The molecule has 2 aromatic rings. The monoisotopic (exact) mass is 240 g/mol. The Balaban J connectivity index is 2.05. The van der Waals surface area contributed by atoms with Gasteiger partial charge in [-0.25, -0.2) is 9.97 Å². The molecule has 0 unspecified atom stereocenters. The van der Waals surface area contributed by atoms with Crippen LogP contribution in [0.2, 0.25) is 0 Å². The summed E-state index contributed by atoms with van der Waals surface area (Å²) in [6.07, 6.45) is 1.73. The minimum Gasteiger partial charge on any atom is -0.481 e. The van der Waals surface area contributed by atoms with Crippen molar-refractivity contribution < 1.29 is 9.90 Å². The molecule has 0 aliphatic carbocycles. The maximum atomic E-state index is 10.3. The van der Waals surface area contributed by atoms with Crippen LogP contribution < -0.4 is 0 Å². The largest absolute Gasteiger partial charge is 0.481 e. The second kappa shape index (κ2) is 4.59. The Labute approximate surface area is 94.4 Å². The van der Waals surface area contributed by atoms with E-state index < -0.39 is 5.97 Å². The maximum Gasteiger partial charge on any atom is 0.313 e. The summed E-state index contributed by atoms with van der Waals surface area (Å²) in [6.45, 7) is 0. The summed E-state index contributed by atoms with van der Waals surface area (Å²) in [4.78, 5) is 19.7. The Kier molecular flexibility index (Phi) is 3.17. The van der Waals surface area contributed by atoms with Crippen molar-refractivity contribution in [3.05, 3.63) is 23.3 Å². The first-order chi connectivity index (χ1) is 7.25. The third kappa shape index (κ3) is 2.66. The number of aromatic nitrogens is 2. The van der Waals surface area contributed by atoms with Gasteiger partial charge >= 0.3 is 5.97 Å². The highest BCUT2D eigenvalue weighted by Crippen LogP contribution is 2.22. The van der Waals surface area contributed by atoms with Crippen molar-refractivity contribution in [2.24, 2.45) is 0 Å². The molecule has 6 heteroatoms. The van der Waals surface area contributed by atoms with E-state index in [0.29, 0.717) is 5.75 Å². The highest BCUT2D eigenvalue weighted by molar-refractivity contribution is 7.99. The van der Waals surface area contributed by atoms with Crippen LogP contribution in [0.3, 0.4) is 0 Å². The van der Waals surface area contributed by atoms with E-state index in [9.17, 15) is 4.79 Å². The molecular weight excluding hydrogens is 232 g/mol. The Morgan fingerprint density at radius 3 is 3.20 bits per heavy atom. The first-order valence-corrected chi connectivity index (χ1v) is 6.23. The molecule has 0 bridgehead atoms. The van der Waals surface area contributed by atoms with E-state index in [4.69, 9.17) is 5.11 Å². The number of nitrogens with zero attached hydrogens (tertiary/aromatic N) is 2. The van der Waals surface area contributed by atoms with E-state index in [0.717, 1.165) is 15.4 Å². The molecule has 0 atom stereocenters. The zero-order chi connectivity index (χ0) is 10.7. The number of pyridine rings is 1. The van der Waals surface area contributed by atoms with Crippen molar-refractivity contribution in [1.29, 1.82) is 0 Å². The zero-order valence-electron chi connectivity index (χ0n) is 7.71. The van der Waals surface area contributed by atoms with Gasteiger partial charge in [0.1, 0.15) is 15.4 Å². The van der Waals surface area contributed by atoms with Gasteiger partial charge in [0, 0.05) is 11.9 Å². The van der Waals surface area contributed by atoms with Gasteiger partial charge < -0.3 is 5.11 Å². The SMILES string of the molecule is O=C(O)CSCc1nc2cccnc2s1. The predicted molar refractivity (Wildman–Crippen MR) is 61.2 cm³/mol. The number of carboxylic acid groups (broad SMARTS) is 1. The summed E-state index contributed by atoms with van der Waals surface area (Å²) in [6, 6.07) is 3.75. The predicted octanol–water partition coefficient (Wildman–Crippen LogP) is 2.01. The van der Waals surface area contributed by atoms with Crippen molar-refractivity contribution in [3.8, 4) is 0 Å². The van der Waals surface area contributed by atoms with Crippen molar-refractivity contribution in [2.75, 3.05) is 5.75 Å². The van der Waals surface area contributed by atoms with Crippen LogP contribution >= 0.6 is 23.1 Å². The van der Waals surface area contributed by atoms with Gasteiger partial charge in [-0.05, 0) is 12.1 Å². The second-order valence-corrected chi connectivity index (χ2v) is 4.87. The number of hydrogen-bond acceptors (Lipinski definition) is 5. The molecule has 4 nitrogen and oxygen atoms in total. The maximum absolute atomic E-state index is 10.3. The highest BCUT2D eigenvalue weighted by Gasteiger charge is 2.05. The molecule has 2 rings (SSSR count). The van der Waals surface area contributed by atoms with Crippen LogP contribution in [-0.2, 0) is 10.5 Å². The fraction of sp³-hybridized carbons (Fsp3) is 0.222. The van der Waals surface area contributed by atoms with E-state index in [2.05, 4.69) is 9.97 Å². The lowest BCUT2D eigenvalue weighted by Crippen LogP contribution is -1.97. The summed E-state index contributed by atoms with van der Waals surface area (Å²) >= 11 is 2.86. The van der Waals surface area contributed by atoms with Gasteiger partial charge in [0.2, 0.25) is 0 Å². The number of carboxylic acids is 1. The van der Waals surface area contributed by atoms with Crippen LogP contribution in [0.4, 0.5) is 0 Å². The van der Waals surface area contributed by atoms with E-state index in [-0.39, 0.29) is 5.75 Å². The van der Waals surface area contributed by atoms with Gasteiger partial charge in [-0.3, -0.25) is 4.79 Å². The Bertz CT molecular complexity index is 451. The Hall–Kier alpha value is -1.14. The van der Waals surface area contributed by atoms with E-state index >= 15 is 0 Å².